The van der Waals surface area contributed by atoms with Crippen LogP contribution in [0.25, 0.3) is 0 Å². The summed E-state index contributed by atoms with van der Waals surface area (Å²) in [5, 5.41) is 0. The molecule has 0 aromatic carbocycles. The first-order valence-corrected chi connectivity index (χ1v) is 4.68. The van der Waals surface area contributed by atoms with Gasteiger partial charge in [-0.3, -0.25) is 0 Å². The van der Waals surface area contributed by atoms with E-state index in [4.69, 9.17) is 5.73 Å². The van der Waals surface area contributed by atoms with Crippen LogP contribution in [0.5, 0.6) is 0 Å². The largest absolute Gasteiger partial charge is 0.327 e. The summed E-state index contributed by atoms with van der Waals surface area (Å²) >= 11 is 0. The zero-order chi connectivity index (χ0) is 7.84. The predicted molar refractivity (Wildman–Crippen MR) is 46.3 cm³/mol. The Morgan fingerprint density at radius 3 is 2.55 bits per heavy atom. The van der Waals surface area contributed by atoms with Crippen molar-refractivity contribution < 1.29 is 0 Å². The molecule has 2 aliphatic heterocycles. The second kappa shape index (κ2) is 2.76. The van der Waals surface area contributed by atoms with Crippen LogP contribution in [-0.2, 0) is 0 Å². The van der Waals surface area contributed by atoms with Gasteiger partial charge in [0.1, 0.15) is 0 Å². The number of nitrogens with zero attached hydrogens (tertiary/aromatic N) is 1. The lowest BCUT2D eigenvalue weighted by Gasteiger charge is -2.42. The highest BCUT2D eigenvalue weighted by Gasteiger charge is 2.33. The molecule has 3 fully saturated rings. The van der Waals surface area contributed by atoms with Gasteiger partial charge in [-0.2, -0.15) is 0 Å². The molecule has 2 nitrogen and oxygen atoms in total. The summed E-state index contributed by atoms with van der Waals surface area (Å²) in [4.78, 5) is 2.39. The van der Waals surface area contributed by atoms with Crippen LogP contribution in [0.4, 0.5) is 0 Å². The maximum Gasteiger partial charge on any atom is 0.0170 e. The minimum Gasteiger partial charge on any atom is -0.327 e. The molecule has 0 aromatic rings. The van der Waals surface area contributed by atoms with Gasteiger partial charge in [0.2, 0.25) is 0 Å². The van der Waals surface area contributed by atoms with E-state index in [1.807, 2.05) is 0 Å². The van der Waals surface area contributed by atoms with Gasteiger partial charge in [-0.15, -0.1) is 0 Å². The van der Waals surface area contributed by atoms with Crippen molar-refractivity contribution in [1.82, 2.24) is 4.90 Å². The molecular weight excluding hydrogens is 136 g/mol. The highest BCUT2D eigenvalue weighted by atomic mass is 15.1. The van der Waals surface area contributed by atoms with Gasteiger partial charge >= 0.3 is 0 Å². The Morgan fingerprint density at radius 2 is 1.82 bits per heavy atom. The van der Waals surface area contributed by atoms with Crippen molar-refractivity contribution in [2.24, 2.45) is 17.6 Å². The van der Waals surface area contributed by atoms with Gasteiger partial charge in [0.15, 0.2) is 0 Å². The van der Waals surface area contributed by atoms with Crippen LogP contribution in [0.15, 0.2) is 0 Å². The number of hydrogen-bond donors (Lipinski definition) is 1. The topological polar surface area (TPSA) is 29.3 Å². The van der Waals surface area contributed by atoms with Crippen LogP contribution < -0.4 is 5.73 Å². The summed E-state index contributed by atoms with van der Waals surface area (Å²) in [5.41, 5.74) is 5.97. The molecule has 2 saturated heterocycles. The zero-order valence-electron chi connectivity index (χ0n) is 7.29. The van der Waals surface area contributed by atoms with E-state index in [1.54, 1.807) is 0 Å². The molecule has 3 rings (SSSR count). The number of hydrogen-bond acceptors (Lipinski definition) is 2. The fourth-order valence-electron chi connectivity index (χ4n) is 2.63. The molecule has 1 unspecified atom stereocenters. The van der Waals surface area contributed by atoms with E-state index in [0.717, 1.165) is 18.4 Å². The minimum absolute atomic E-state index is 0.436. The minimum atomic E-state index is 0.436. The molecule has 2 heterocycles. The first kappa shape index (κ1) is 7.56. The first-order valence-electron chi connectivity index (χ1n) is 4.68. The van der Waals surface area contributed by atoms with Crippen molar-refractivity contribution in [2.75, 3.05) is 20.1 Å². The molecule has 0 spiro atoms. The molecule has 2 bridgehead atoms. The molecule has 64 valence electrons. The molecule has 0 radical (unpaired) electrons. The van der Waals surface area contributed by atoms with Gasteiger partial charge in [0.25, 0.3) is 0 Å². The second-order valence-electron chi connectivity index (χ2n) is 4.42. The van der Waals surface area contributed by atoms with Crippen LogP contribution in [0, 0.1) is 11.8 Å². The van der Waals surface area contributed by atoms with E-state index >= 15 is 0 Å². The SMILES string of the molecule is CN1CC(N)CC2CC(C2)C1. The standard InChI is InChI=1S/C9H18N2/c1-11-5-8-2-7(3-8)4-9(10)6-11/h7-9H,2-6,10H2,1H3. The monoisotopic (exact) mass is 154 g/mol. The molecule has 2 N–H and O–H groups in total. The summed E-state index contributed by atoms with van der Waals surface area (Å²) < 4.78 is 0. The molecule has 1 atom stereocenters. The number of nitrogens with two attached hydrogens (primary N) is 1. The molecule has 0 amide bonds. The predicted octanol–water partition coefficient (Wildman–Crippen LogP) is 0.675. The van der Waals surface area contributed by atoms with Crippen LogP contribution in [0.3, 0.4) is 0 Å². The third-order valence-electron chi connectivity index (χ3n) is 3.09. The lowest BCUT2D eigenvalue weighted by Crippen LogP contribution is -2.46. The zero-order valence-corrected chi connectivity index (χ0v) is 7.29. The van der Waals surface area contributed by atoms with Crippen LogP contribution in [-0.4, -0.2) is 31.1 Å². The lowest BCUT2D eigenvalue weighted by atomic mass is 9.71. The van der Waals surface area contributed by atoms with Gasteiger partial charge in [-0.25, -0.2) is 0 Å². The van der Waals surface area contributed by atoms with Crippen molar-refractivity contribution in [1.29, 1.82) is 0 Å². The first-order chi connectivity index (χ1) is 5.24. The highest BCUT2D eigenvalue weighted by Crippen LogP contribution is 2.38. The van der Waals surface area contributed by atoms with Crippen LogP contribution >= 0.6 is 0 Å². The van der Waals surface area contributed by atoms with E-state index in [-0.39, 0.29) is 0 Å². The van der Waals surface area contributed by atoms with Crippen LogP contribution in [0.1, 0.15) is 19.3 Å². The third kappa shape index (κ3) is 1.57. The van der Waals surface area contributed by atoms with Gasteiger partial charge in [0, 0.05) is 19.1 Å². The summed E-state index contributed by atoms with van der Waals surface area (Å²) in [6.45, 7) is 2.39. The molecule has 3 aliphatic rings. The maximum atomic E-state index is 5.97. The van der Waals surface area contributed by atoms with E-state index in [1.165, 1.54) is 25.8 Å². The van der Waals surface area contributed by atoms with Crippen molar-refractivity contribution in [3.05, 3.63) is 0 Å². The molecule has 0 aromatic heterocycles. The second-order valence-corrected chi connectivity index (χ2v) is 4.42. The van der Waals surface area contributed by atoms with E-state index in [0.29, 0.717) is 6.04 Å². The van der Waals surface area contributed by atoms with E-state index < -0.39 is 0 Å². The fraction of sp³-hybridized carbons (Fsp3) is 1.00. The third-order valence-corrected chi connectivity index (χ3v) is 3.09. The van der Waals surface area contributed by atoms with Gasteiger partial charge in [-0.1, -0.05) is 0 Å². The lowest BCUT2D eigenvalue weighted by molar-refractivity contribution is 0.0913. The summed E-state index contributed by atoms with van der Waals surface area (Å²) in [6.07, 6.45) is 4.15. The number of rotatable bonds is 0. The Morgan fingerprint density at radius 1 is 1.09 bits per heavy atom. The summed E-state index contributed by atoms with van der Waals surface area (Å²) in [6, 6.07) is 0.436. The van der Waals surface area contributed by atoms with Gasteiger partial charge < -0.3 is 10.6 Å². The number of fused-ring (bicyclic) bond motifs is 4. The molecule has 1 aliphatic carbocycles. The highest BCUT2D eigenvalue weighted by molar-refractivity contribution is 4.87. The molecule has 2 heteroatoms. The average molecular weight is 154 g/mol. The molecule has 1 saturated carbocycles. The smallest absolute Gasteiger partial charge is 0.0170 e. The fourth-order valence-corrected chi connectivity index (χ4v) is 2.63. The summed E-state index contributed by atoms with van der Waals surface area (Å²) in [5.74, 6) is 1.97. The Labute approximate surface area is 68.7 Å². The van der Waals surface area contributed by atoms with E-state index in [9.17, 15) is 0 Å². The quantitative estimate of drug-likeness (QED) is 0.556. The average Bonchev–Trinajstić information content (AvgIpc) is 1.77. The Bertz CT molecular complexity index is 122. The van der Waals surface area contributed by atoms with Gasteiger partial charge in [-0.05, 0) is 38.1 Å². The maximum absolute atomic E-state index is 5.97. The summed E-state index contributed by atoms with van der Waals surface area (Å²) in [7, 11) is 2.19. The Balaban J connectivity index is 1.93. The van der Waals surface area contributed by atoms with E-state index in [2.05, 4.69) is 11.9 Å². The van der Waals surface area contributed by atoms with Crippen molar-refractivity contribution >= 4 is 0 Å². The molecular formula is C9H18N2. The molecule has 11 heavy (non-hydrogen) atoms. The van der Waals surface area contributed by atoms with Gasteiger partial charge in [0.05, 0.1) is 0 Å². The van der Waals surface area contributed by atoms with Crippen molar-refractivity contribution in [2.45, 2.75) is 25.3 Å². The Kier molecular flexibility index (Phi) is 1.90. The van der Waals surface area contributed by atoms with Crippen LogP contribution in [0.2, 0.25) is 0 Å². The number of likely N-dealkylation sites (N-methyl/N-ethyl adjacent to an activating group) is 1. The Hall–Kier alpha value is -0.0800. The normalized spacial score (nSPS) is 45.8. The van der Waals surface area contributed by atoms with Crippen molar-refractivity contribution in [3.63, 3.8) is 0 Å². The van der Waals surface area contributed by atoms with Crippen molar-refractivity contribution in [3.8, 4) is 0 Å².